The van der Waals surface area contributed by atoms with Crippen LogP contribution in [0.5, 0.6) is 0 Å². The van der Waals surface area contributed by atoms with Gasteiger partial charge in [-0.05, 0) is 49.4 Å². The normalized spacial score (nSPS) is 24.9. The third kappa shape index (κ3) is 3.66. The maximum atomic E-state index is 13.0. The summed E-state index contributed by atoms with van der Waals surface area (Å²) in [6.07, 6.45) is 4.19. The third-order valence-electron chi connectivity index (χ3n) is 3.20. The van der Waals surface area contributed by atoms with Gasteiger partial charge in [0, 0.05) is 11.1 Å². The van der Waals surface area contributed by atoms with Gasteiger partial charge in [0.15, 0.2) is 0 Å². The summed E-state index contributed by atoms with van der Waals surface area (Å²) in [5, 5.41) is 0.555. The first-order chi connectivity index (χ1) is 8.15. The van der Waals surface area contributed by atoms with Gasteiger partial charge in [-0.15, -0.1) is 0 Å². The van der Waals surface area contributed by atoms with E-state index in [1.165, 1.54) is 12.1 Å². The summed E-state index contributed by atoms with van der Waals surface area (Å²) in [5.41, 5.74) is 6.53. The van der Waals surface area contributed by atoms with Gasteiger partial charge in [0.05, 0.1) is 12.7 Å². The highest BCUT2D eigenvalue weighted by atomic mass is 35.5. The topological polar surface area (TPSA) is 35.2 Å². The van der Waals surface area contributed by atoms with Gasteiger partial charge in [0.2, 0.25) is 0 Å². The number of hydrogen-bond acceptors (Lipinski definition) is 2. The maximum Gasteiger partial charge on any atom is 0.123 e. The van der Waals surface area contributed by atoms with E-state index in [9.17, 15) is 4.39 Å². The van der Waals surface area contributed by atoms with Crippen LogP contribution < -0.4 is 5.73 Å². The van der Waals surface area contributed by atoms with E-state index in [1.54, 1.807) is 6.07 Å². The molecular formula is C13H17ClFNO. The van der Waals surface area contributed by atoms with E-state index < -0.39 is 0 Å². The molecular weight excluding hydrogens is 241 g/mol. The van der Waals surface area contributed by atoms with Crippen LogP contribution in [0.1, 0.15) is 31.2 Å². The largest absolute Gasteiger partial charge is 0.373 e. The number of rotatable bonds is 3. The Labute approximate surface area is 106 Å². The summed E-state index contributed by atoms with van der Waals surface area (Å²) in [6, 6.07) is 4.65. The molecule has 4 heteroatoms. The van der Waals surface area contributed by atoms with Crippen molar-refractivity contribution in [3.8, 4) is 0 Å². The van der Waals surface area contributed by atoms with Gasteiger partial charge < -0.3 is 10.5 Å². The summed E-state index contributed by atoms with van der Waals surface area (Å²) in [7, 11) is 0. The van der Waals surface area contributed by atoms with Crippen LogP contribution in [0, 0.1) is 5.82 Å². The number of ether oxygens (including phenoxy) is 1. The van der Waals surface area contributed by atoms with Crippen LogP contribution in [0.4, 0.5) is 4.39 Å². The monoisotopic (exact) mass is 257 g/mol. The lowest BCUT2D eigenvalue weighted by Crippen LogP contribution is -2.30. The molecule has 1 aliphatic carbocycles. The van der Waals surface area contributed by atoms with Gasteiger partial charge in [0.1, 0.15) is 5.82 Å². The van der Waals surface area contributed by atoms with E-state index in [0.717, 1.165) is 25.7 Å². The minimum atomic E-state index is -0.279. The zero-order chi connectivity index (χ0) is 12.3. The van der Waals surface area contributed by atoms with Crippen molar-refractivity contribution in [2.24, 2.45) is 5.73 Å². The van der Waals surface area contributed by atoms with Crippen molar-refractivity contribution in [2.45, 2.75) is 44.4 Å². The minimum Gasteiger partial charge on any atom is -0.373 e. The minimum absolute atomic E-state index is 0.231. The zero-order valence-corrected chi connectivity index (χ0v) is 10.4. The number of halogens is 2. The Morgan fingerprint density at radius 1 is 1.29 bits per heavy atom. The van der Waals surface area contributed by atoms with E-state index in [-0.39, 0.29) is 11.9 Å². The molecule has 1 aromatic carbocycles. The maximum absolute atomic E-state index is 13.0. The molecule has 0 unspecified atom stereocenters. The Morgan fingerprint density at radius 3 is 2.71 bits per heavy atom. The molecule has 0 atom stereocenters. The Bertz CT molecular complexity index is 378. The smallest absolute Gasteiger partial charge is 0.123 e. The van der Waals surface area contributed by atoms with Crippen LogP contribution >= 0.6 is 11.6 Å². The van der Waals surface area contributed by atoms with Gasteiger partial charge in [-0.25, -0.2) is 4.39 Å². The quantitative estimate of drug-likeness (QED) is 0.902. The van der Waals surface area contributed by atoms with Gasteiger partial charge in [0.25, 0.3) is 0 Å². The van der Waals surface area contributed by atoms with Crippen molar-refractivity contribution in [2.75, 3.05) is 0 Å². The van der Waals surface area contributed by atoms with Gasteiger partial charge in [-0.3, -0.25) is 0 Å². The summed E-state index contributed by atoms with van der Waals surface area (Å²) >= 11 is 5.97. The van der Waals surface area contributed by atoms with Crippen LogP contribution in [-0.4, -0.2) is 12.1 Å². The second-order valence-electron chi connectivity index (χ2n) is 4.58. The molecule has 94 valence electrons. The highest BCUT2D eigenvalue weighted by Crippen LogP contribution is 2.23. The molecule has 0 bridgehead atoms. The Hall–Kier alpha value is -0.640. The van der Waals surface area contributed by atoms with E-state index in [0.29, 0.717) is 23.2 Å². The van der Waals surface area contributed by atoms with Gasteiger partial charge in [-0.2, -0.15) is 0 Å². The molecule has 0 amide bonds. The molecule has 1 saturated carbocycles. The van der Waals surface area contributed by atoms with Crippen LogP contribution in [0.2, 0.25) is 5.02 Å². The average molecular weight is 258 g/mol. The van der Waals surface area contributed by atoms with E-state index in [1.807, 2.05) is 0 Å². The first kappa shape index (κ1) is 12.8. The summed E-state index contributed by atoms with van der Waals surface area (Å²) in [5.74, 6) is -0.279. The molecule has 1 fully saturated rings. The lowest BCUT2D eigenvalue weighted by molar-refractivity contribution is 0.0137. The summed E-state index contributed by atoms with van der Waals surface area (Å²) in [4.78, 5) is 0. The fourth-order valence-corrected chi connectivity index (χ4v) is 2.29. The second-order valence-corrected chi connectivity index (χ2v) is 4.99. The summed E-state index contributed by atoms with van der Waals surface area (Å²) < 4.78 is 18.8. The highest BCUT2D eigenvalue weighted by molar-refractivity contribution is 6.31. The summed E-state index contributed by atoms with van der Waals surface area (Å²) in [6.45, 7) is 0.372. The van der Waals surface area contributed by atoms with Crippen LogP contribution in [-0.2, 0) is 11.3 Å². The fraction of sp³-hybridized carbons (Fsp3) is 0.538. The van der Waals surface area contributed by atoms with Crippen molar-refractivity contribution >= 4 is 11.6 Å². The molecule has 1 aliphatic rings. The molecule has 0 saturated heterocycles. The number of benzene rings is 1. The zero-order valence-electron chi connectivity index (χ0n) is 9.66. The molecule has 0 aliphatic heterocycles. The van der Waals surface area contributed by atoms with Crippen LogP contribution in [0.25, 0.3) is 0 Å². The average Bonchev–Trinajstić information content (AvgIpc) is 2.32. The van der Waals surface area contributed by atoms with Crippen LogP contribution in [0.3, 0.4) is 0 Å². The number of hydrogen-bond donors (Lipinski definition) is 1. The Kier molecular flexibility index (Phi) is 4.37. The lowest BCUT2D eigenvalue weighted by atomic mass is 9.94. The van der Waals surface area contributed by atoms with E-state index in [4.69, 9.17) is 22.1 Å². The first-order valence-electron chi connectivity index (χ1n) is 5.96. The molecule has 17 heavy (non-hydrogen) atoms. The van der Waals surface area contributed by atoms with Crippen molar-refractivity contribution in [1.82, 2.24) is 0 Å². The fourth-order valence-electron chi connectivity index (χ4n) is 2.12. The number of nitrogens with two attached hydrogens (primary N) is 1. The Balaban J connectivity index is 1.87. The molecule has 2 rings (SSSR count). The molecule has 0 aromatic heterocycles. The third-order valence-corrected chi connectivity index (χ3v) is 3.57. The Morgan fingerprint density at radius 2 is 2.00 bits per heavy atom. The molecule has 2 N–H and O–H groups in total. The standard InChI is InChI=1S/C13H17ClFNO/c14-13-6-1-10(15)7-9(13)8-17-12-4-2-11(16)3-5-12/h1,6-7,11-12H,2-5,8,16H2. The predicted octanol–water partition coefficient (Wildman–Crippen LogP) is 3.27. The predicted molar refractivity (Wildman–Crippen MR) is 66.4 cm³/mol. The van der Waals surface area contributed by atoms with Crippen molar-refractivity contribution in [1.29, 1.82) is 0 Å². The van der Waals surface area contributed by atoms with E-state index in [2.05, 4.69) is 0 Å². The molecule has 0 heterocycles. The van der Waals surface area contributed by atoms with Crippen molar-refractivity contribution in [3.63, 3.8) is 0 Å². The van der Waals surface area contributed by atoms with Crippen molar-refractivity contribution < 1.29 is 9.13 Å². The highest BCUT2D eigenvalue weighted by Gasteiger charge is 2.19. The first-order valence-corrected chi connectivity index (χ1v) is 6.34. The second kappa shape index (κ2) is 5.80. The van der Waals surface area contributed by atoms with Gasteiger partial charge in [-0.1, -0.05) is 11.6 Å². The molecule has 1 aromatic rings. The molecule has 2 nitrogen and oxygen atoms in total. The van der Waals surface area contributed by atoms with Crippen LogP contribution in [0.15, 0.2) is 18.2 Å². The van der Waals surface area contributed by atoms with Gasteiger partial charge >= 0.3 is 0 Å². The van der Waals surface area contributed by atoms with Crippen molar-refractivity contribution in [3.05, 3.63) is 34.6 Å². The lowest BCUT2D eigenvalue weighted by Gasteiger charge is -2.26. The molecule has 0 spiro atoms. The molecule has 0 radical (unpaired) electrons. The SMILES string of the molecule is NC1CCC(OCc2cc(F)ccc2Cl)CC1. The van der Waals surface area contributed by atoms with E-state index >= 15 is 0 Å².